The van der Waals surface area contributed by atoms with Crippen LogP contribution in [0.1, 0.15) is 11.6 Å². The number of alkyl halides is 2. The monoisotopic (exact) mass is 233 g/mol. The van der Waals surface area contributed by atoms with Crippen molar-refractivity contribution in [3.8, 4) is 17.2 Å². The zero-order valence-corrected chi connectivity index (χ0v) is 8.91. The number of aromatic hydroxyl groups is 1. The summed E-state index contributed by atoms with van der Waals surface area (Å²) in [5.74, 6) is 0.00761. The van der Waals surface area contributed by atoms with Gasteiger partial charge in [0.15, 0.2) is 0 Å². The van der Waals surface area contributed by atoms with Gasteiger partial charge in [0.05, 0.1) is 25.8 Å². The van der Waals surface area contributed by atoms with E-state index in [1.54, 1.807) is 0 Å². The molecule has 0 saturated carbocycles. The van der Waals surface area contributed by atoms with E-state index in [2.05, 4.69) is 0 Å². The highest BCUT2D eigenvalue weighted by Gasteiger charge is 2.25. The molecule has 0 aliphatic heterocycles. The van der Waals surface area contributed by atoms with Gasteiger partial charge in [0, 0.05) is 12.1 Å². The summed E-state index contributed by atoms with van der Waals surface area (Å²) in [6.07, 6.45) is -2.78. The van der Waals surface area contributed by atoms with E-state index in [0.717, 1.165) is 0 Å². The SMILES string of the molecule is COc1cc(O)c([C@@H](N)C(F)F)c(OC)c1. The number of benzene rings is 1. The first-order valence-electron chi connectivity index (χ1n) is 4.49. The molecule has 0 bridgehead atoms. The van der Waals surface area contributed by atoms with Gasteiger partial charge in [0.1, 0.15) is 17.2 Å². The molecule has 0 aliphatic carbocycles. The van der Waals surface area contributed by atoms with Crippen LogP contribution in [0.4, 0.5) is 8.78 Å². The second kappa shape index (κ2) is 4.98. The standard InChI is InChI=1S/C10H13F2NO3/c1-15-5-3-6(14)8(7(4-5)16-2)9(13)10(11)12/h3-4,9-10,14H,13H2,1-2H3/t9-/m1/s1. The molecule has 1 aromatic rings. The number of nitrogens with two attached hydrogens (primary N) is 1. The third kappa shape index (κ3) is 2.33. The van der Waals surface area contributed by atoms with E-state index < -0.39 is 12.5 Å². The average molecular weight is 233 g/mol. The number of methoxy groups -OCH3 is 2. The molecule has 1 aromatic carbocycles. The Bertz CT molecular complexity index is 371. The summed E-state index contributed by atoms with van der Waals surface area (Å²) in [6, 6.07) is 0.998. The maximum absolute atomic E-state index is 12.5. The molecule has 1 rings (SSSR count). The molecular weight excluding hydrogens is 220 g/mol. The second-order valence-corrected chi connectivity index (χ2v) is 3.12. The minimum atomic E-state index is -2.78. The molecule has 0 aromatic heterocycles. The van der Waals surface area contributed by atoms with E-state index in [4.69, 9.17) is 15.2 Å². The number of hydrogen-bond acceptors (Lipinski definition) is 4. The Kier molecular flexibility index (Phi) is 3.89. The van der Waals surface area contributed by atoms with Crippen molar-refractivity contribution in [1.82, 2.24) is 0 Å². The Labute approximate surface area is 91.6 Å². The maximum Gasteiger partial charge on any atom is 0.257 e. The van der Waals surface area contributed by atoms with Crippen molar-refractivity contribution in [2.24, 2.45) is 5.73 Å². The summed E-state index contributed by atoms with van der Waals surface area (Å²) < 4.78 is 34.7. The van der Waals surface area contributed by atoms with E-state index in [1.165, 1.54) is 26.4 Å². The highest BCUT2D eigenvalue weighted by molar-refractivity contribution is 5.51. The molecule has 6 heteroatoms. The molecule has 3 N–H and O–H groups in total. The van der Waals surface area contributed by atoms with Gasteiger partial charge < -0.3 is 20.3 Å². The molecule has 0 fully saturated rings. The van der Waals surface area contributed by atoms with Gasteiger partial charge in [-0.25, -0.2) is 8.78 Å². The molecule has 0 heterocycles. The fourth-order valence-electron chi connectivity index (χ4n) is 1.34. The first kappa shape index (κ1) is 12.5. The largest absolute Gasteiger partial charge is 0.507 e. The van der Waals surface area contributed by atoms with Crippen molar-refractivity contribution >= 4 is 0 Å². The minimum Gasteiger partial charge on any atom is -0.507 e. The van der Waals surface area contributed by atoms with Crippen molar-refractivity contribution in [1.29, 1.82) is 0 Å². The van der Waals surface area contributed by atoms with Crippen LogP contribution < -0.4 is 15.2 Å². The van der Waals surface area contributed by atoms with Crippen molar-refractivity contribution < 1.29 is 23.4 Å². The number of ether oxygens (including phenoxy) is 2. The Balaban J connectivity index is 3.26. The van der Waals surface area contributed by atoms with Gasteiger partial charge in [-0.05, 0) is 0 Å². The van der Waals surface area contributed by atoms with Crippen LogP contribution in [-0.2, 0) is 0 Å². The van der Waals surface area contributed by atoms with Crippen molar-refractivity contribution in [2.75, 3.05) is 14.2 Å². The van der Waals surface area contributed by atoms with Crippen LogP contribution in [0.15, 0.2) is 12.1 Å². The van der Waals surface area contributed by atoms with E-state index in [0.29, 0.717) is 5.75 Å². The summed E-state index contributed by atoms with van der Waals surface area (Å²) in [5.41, 5.74) is 5.15. The van der Waals surface area contributed by atoms with Crippen molar-refractivity contribution in [2.45, 2.75) is 12.5 Å². The normalized spacial score (nSPS) is 12.6. The lowest BCUT2D eigenvalue weighted by molar-refractivity contribution is 0.113. The molecular formula is C10H13F2NO3. The predicted molar refractivity (Wildman–Crippen MR) is 54.1 cm³/mol. The van der Waals surface area contributed by atoms with Crippen LogP contribution in [0, 0.1) is 0 Å². The van der Waals surface area contributed by atoms with E-state index in [-0.39, 0.29) is 17.1 Å². The summed E-state index contributed by atoms with van der Waals surface area (Å²) in [6.45, 7) is 0. The molecule has 0 amide bonds. The van der Waals surface area contributed by atoms with Crippen molar-refractivity contribution in [3.05, 3.63) is 17.7 Å². The van der Waals surface area contributed by atoms with Crippen LogP contribution in [0.5, 0.6) is 17.2 Å². The van der Waals surface area contributed by atoms with Gasteiger partial charge in [0.2, 0.25) is 0 Å². The first-order valence-corrected chi connectivity index (χ1v) is 4.49. The number of phenols is 1. The molecule has 0 aliphatic rings. The van der Waals surface area contributed by atoms with Gasteiger partial charge in [-0.3, -0.25) is 0 Å². The van der Waals surface area contributed by atoms with Gasteiger partial charge in [-0.2, -0.15) is 0 Å². The number of hydrogen-bond donors (Lipinski definition) is 2. The van der Waals surface area contributed by atoms with Crippen LogP contribution in [0.3, 0.4) is 0 Å². The number of phenolic OH excluding ortho intramolecular Hbond substituents is 1. The second-order valence-electron chi connectivity index (χ2n) is 3.12. The van der Waals surface area contributed by atoms with Gasteiger partial charge in [-0.15, -0.1) is 0 Å². The maximum atomic E-state index is 12.5. The van der Waals surface area contributed by atoms with Crippen LogP contribution in [0.2, 0.25) is 0 Å². The fourth-order valence-corrected chi connectivity index (χ4v) is 1.34. The lowest BCUT2D eigenvalue weighted by Gasteiger charge is -2.17. The smallest absolute Gasteiger partial charge is 0.257 e. The highest BCUT2D eigenvalue weighted by atomic mass is 19.3. The Hall–Kier alpha value is -1.56. The van der Waals surface area contributed by atoms with E-state index in [9.17, 15) is 13.9 Å². The number of rotatable bonds is 4. The van der Waals surface area contributed by atoms with Gasteiger partial charge in [-0.1, -0.05) is 0 Å². The predicted octanol–water partition coefficient (Wildman–Crippen LogP) is 1.67. The Morgan fingerprint density at radius 2 is 1.88 bits per heavy atom. The van der Waals surface area contributed by atoms with Crippen LogP contribution in [-0.4, -0.2) is 25.8 Å². The minimum absolute atomic E-state index is 0.0738. The lowest BCUT2D eigenvalue weighted by Crippen LogP contribution is -2.19. The topological polar surface area (TPSA) is 64.7 Å². The lowest BCUT2D eigenvalue weighted by atomic mass is 10.1. The van der Waals surface area contributed by atoms with Crippen LogP contribution in [0.25, 0.3) is 0 Å². The third-order valence-corrected chi connectivity index (χ3v) is 2.15. The fraction of sp³-hybridized carbons (Fsp3) is 0.400. The first-order chi connectivity index (χ1) is 7.51. The number of halogens is 2. The zero-order chi connectivity index (χ0) is 12.3. The quantitative estimate of drug-likeness (QED) is 0.830. The van der Waals surface area contributed by atoms with Gasteiger partial charge >= 0.3 is 0 Å². The summed E-state index contributed by atoms with van der Waals surface area (Å²) >= 11 is 0. The molecule has 16 heavy (non-hydrogen) atoms. The average Bonchev–Trinajstić information content (AvgIpc) is 2.26. The van der Waals surface area contributed by atoms with Gasteiger partial charge in [0.25, 0.3) is 6.43 Å². The molecule has 0 radical (unpaired) electrons. The Morgan fingerprint density at radius 1 is 1.25 bits per heavy atom. The molecule has 0 unspecified atom stereocenters. The third-order valence-electron chi connectivity index (χ3n) is 2.15. The molecule has 4 nitrogen and oxygen atoms in total. The highest BCUT2D eigenvalue weighted by Crippen LogP contribution is 2.38. The molecule has 0 spiro atoms. The van der Waals surface area contributed by atoms with E-state index >= 15 is 0 Å². The zero-order valence-electron chi connectivity index (χ0n) is 8.91. The molecule has 90 valence electrons. The Morgan fingerprint density at radius 3 is 2.31 bits per heavy atom. The summed E-state index contributed by atoms with van der Waals surface area (Å²) in [5, 5.41) is 9.58. The van der Waals surface area contributed by atoms with Crippen LogP contribution >= 0.6 is 0 Å². The van der Waals surface area contributed by atoms with E-state index in [1.807, 2.05) is 0 Å². The molecule has 1 atom stereocenters. The summed E-state index contributed by atoms with van der Waals surface area (Å²) in [7, 11) is 2.69. The van der Waals surface area contributed by atoms with Crippen molar-refractivity contribution in [3.63, 3.8) is 0 Å². The molecule has 0 saturated heterocycles. The summed E-state index contributed by atoms with van der Waals surface area (Å²) in [4.78, 5) is 0.